The van der Waals surface area contributed by atoms with E-state index in [1.165, 1.54) is 0 Å². The van der Waals surface area contributed by atoms with E-state index in [0.717, 1.165) is 32.4 Å². The maximum absolute atomic E-state index is 11.7. The minimum Gasteiger partial charge on any atom is -0.344 e. The Morgan fingerprint density at radius 1 is 1.50 bits per heavy atom. The molecule has 0 bridgehead atoms. The highest BCUT2D eigenvalue weighted by Crippen LogP contribution is 2.11. The van der Waals surface area contributed by atoms with Gasteiger partial charge in [-0.05, 0) is 25.8 Å². The Labute approximate surface area is 101 Å². The molecule has 92 valence electrons. The number of nitrogens with zero attached hydrogens (tertiary/aromatic N) is 1. The number of carbonyl (C=O) groups excluding carboxylic acids is 2. The summed E-state index contributed by atoms with van der Waals surface area (Å²) in [4.78, 5) is 25.0. The number of halogens is 1. The molecule has 2 saturated heterocycles. The largest absolute Gasteiger partial charge is 0.344 e. The van der Waals surface area contributed by atoms with Gasteiger partial charge in [0.05, 0.1) is 6.04 Å². The average Bonchev–Trinajstić information content (AvgIpc) is 2.10. The van der Waals surface area contributed by atoms with Crippen LogP contribution in [0.1, 0.15) is 19.3 Å². The average molecular weight is 248 g/mol. The molecule has 2 amide bonds. The summed E-state index contributed by atoms with van der Waals surface area (Å²) in [6.07, 6.45) is 2.61. The van der Waals surface area contributed by atoms with Crippen LogP contribution in [0.5, 0.6) is 0 Å². The Morgan fingerprint density at radius 2 is 2.19 bits per heavy atom. The van der Waals surface area contributed by atoms with Gasteiger partial charge in [-0.2, -0.15) is 0 Å². The molecule has 2 aliphatic rings. The molecule has 0 radical (unpaired) electrons. The molecule has 2 fully saturated rings. The van der Waals surface area contributed by atoms with E-state index in [1.807, 2.05) is 0 Å². The third-order valence-electron chi connectivity index (χ3n) is 3.12. The van der Waals surface area contributed by atoms with Crippen LogP contribution in [0.2, 0.25) is 0 Å². The SMILES string of the molecule is CN1CCCC(NC(=O)[C@H]2CCN2)C1=O.Cl. The fourth-order valence-corrected chi connectivity index (χ4v) is 1.95. The van der Waals surface area contributed by atoms with Gasteiger partial charge in [-0.3, -0.25) is 9.59 Å². The number of likely N-dealkylation sites (tertiary alicyclic amines) is 1. The minimum atomic E-state index is -0.307. The molecule has 16 heavy (non-hydrogen) atoms. The Morgan fingerprint density at radius 3 is 2.75 bits per heavy atom. The fraction of sp³-hybridized carbons (Fsp3) is 0.800. The number of carbonyl (C=O) groups is 2. The number of hydrogen-bond acceptors (Lipinski definition) is 3. The number of rotatable bonds is 2. The van der Waals surface area contributed by atoms with Gasteiger partial charge >= 0.3 is 0 Å². The first-order valence-corrected chi connectivity index (χ1v) is 5.47. The molecule has 2 aliphatic heterocycles. The van der Waals surface area contributed by atoms with Gasteiger partial charge in [0.15, 0.2) is 0 Å². The van der Waals surface area contributed by atoms with Gasteiger partial charge in [-0.1, -0.05) is 0 Å². The van der Waals surface area contributed by atoms with E-state index in [1.54, 1.807) is 11.9 Å². The molecule has 0 aromatic rings. The van der Waals surface area contributed by atoms with E-state index >= 15 is 0 Å². The summed E-state index contributed by atoms with van der Waals surface area (Å²) in [5.74, 6) is 0.00354. The second kappa shape index (κ2) is 5.50. The minimum absolute atomic E-state index is 0. The van der Waals surface area contributed by atoms with E-state index in [0.29, 0.717) is 0 Å². The highest BCUT2D eigenvalue weighted by molar-refractivity contribution is 5.90. The second-order valence-corrected chi connectivity index (χ2v) is 4.26. The highest BCUT2D eigenvalue weighted by atomic mass is 35.5. The molecule has 2 atom stereocenters. The molecule has 2 rings (SSSR count). The molecule has 5 nitrogen and oxygen atoms in total. The lowest BCUT2D eigenvalue weighted by molar-refractivity contribution is -0.138. The summed E-state index contributed by atoms with van der Waals surface area (Å²) in [6, 6.07) is -0.385. The lowest BCUT2D eigenvalue weighted by atomic mass is 10.0. The fourth-order valence-electron chi connectivity index (χ4n) is 1.95. The summed E-state index contributed by atoms with van der Waals surface area (Å²) in [5.41, 5.74) is 0. The van der Waals surface area contributed by atoms with Gasteiger partial charge in [0, 0.05) is 13.6 Å². The van der Waals surface area contributed by atoms with Crippen molar-refractivity contribution in [3.63, 3.8) is 0 Å². The normalized spacial score (nSPS) is 29.1. The van der Waals surface area contributed by atoms with Crippen LogP contribution in [0.4, 0.5) is 0 Å². The maximum atomic E-state index is 11.7. The standard InChI is InChI=1S/C10H17N3O2.ClH/c1-13-6-2-3-8(10(13)15)12-9(14)7-4-5-11-7;/h7-8,11H,2-6H2,1H3,(H,12,14);1H/t7-,8?;/m1./s1. The van der Waals surface area contributed by atoms with Crippen LogP contribution in [0.25, 0.3) is 0 Å². The first kappa shape index (κ1) is 13.3. The molecular formula is C10H18ClN3O2. The van der Waals surface area contributed by atoms with Crippen LogP contribution >= 0.6 is 12.4 Å². The number of hydrogen-bond donors (Lipinski definition) is 2. The van der Waals surface area contributed by atoms with Crippen molar-refractivity contribution in [3.05, 3.63) is 0 Å². The molecule has 0 aliphatic carbocycles. The Bertz CT molecular complexity index is 281. The van der Waals surface area contributed by atoms with E-state index < -0.39 is 0 Å². The summed E-state index contributed by atoms with van der Waals surface area (Å²) in [7, 11) is 1.78. The van der Waals surface area contributed by atoms with Crippen molar-refractivity contribution >= 4 is 24.2 Å². The van der Waals surface area contributed by atoms with Crippen molar-refractivity contribution in [2.75, 3.05) is 20.1 Å². The Hall–Kier alpha value is -0.810. The zero-order valence-electron chi connectivity index (χ0n) is 9.36. The summed E-state index contributed by atoms with van der Waals surface area (Å²) >= 11 is 0. The van der Waals surface area contributed by atoms with Crippen molar-refractivity contribution in [2.45, 2.75) is 31.3 Å². The van der Waals surface area contributed by atoms with Crippen molar-refractivity contribution < 1.29 is 9.59 Å². The van der Waals surface area contributed by atoms with Crippen molar-refractivity contribution in [1.29, 1.82) is 0 Å². The zero-order chi connectivity index (χ0) is 10.8. The molecular weight excluding hydrogens is 230 g/mol. The van der Waals surface area contributed by atoms with Gasteiger partial charge in [0.1, 0.15) is 6.04 Å². The molecule has 1 unspecified atom stereocenters. The van der Waals surface area contributed by atoms with Crippen LogP contribution in [0.15, 0.2) is 0 Å². The molecule has 0 aromatic heterocycles. The zero-order valence-corrected chi connectivity index (χ0v) is 10.2. The van der Waals surface area contributed by atoms with Gasteiger partial charge in [0.2, 0.25) is 11.8 Å². The summed E-state index contributed by atoms with van der Waals surface area (Å²) < 4.78 is 0. The van der Waals surface area contributed by atoms with E-state index in [9.17, 15) is 9.59 Å². The molecule has 6 heteroatoms. The lowest BCUT2D eigenvalue weighted by Gasteiger charge is -2.32. The number of piperidine rings is 1. The Balaban J connectivity index is 0.00000128. The monoisotopic (exact) mass is 247 g/mol. The van der Waals surface area contributed by atoms with Gasteiger partial charge < -0.3 is 15.5 Å². The van der Waals surface area contributed by atoms with Crippen LogP contribution in [-0.4, -0.2) is 48.9 Å². The maximum Gasteiger partial charge on any atom is 0.244 e. The van der Waals surface area contributed by atoms with E-state index in [4.69, 9.17) is 0 Å². The predicted octanol–water partition coefficient (Wildman–Crippen LogP) is -0.493. The van der Waals surface area contributed by atoms with Crippen LogP contribution in [0, 0.1) is 0 Å². The quantitative estimate of drug-likeness (QED) is 0.692. The smallest absolute Gasteiger partial charge is 0.244 e. The third-order valence-corrected chi connectivity index (χ3v) is 3.12. The summed E-state index contributed by atoms with van der Waals surface area (Å²) in [5, 5.41) is 5.83. The topological polar surface area (TPSA) is 61.4 Å². The van der Waals surface area contributed by atoms with Gasteiger partial charge in [-0.15, -0.1) is 12.4 Å². The van der Waals surface area contributed by atoms with E-state index in [-0.39, 0.29) is 36.3 Å². The summed E-state index contributed by atoms with van der Waals surface area (Å²) in [6.45, 7) is 1.70. The molecule has 0 saturated carbocycles. The van der Waals surface area contributed by atoms with Crippen LogP contribution in [0.3, 0.4) is 0 Å². The van der Waals surface area contributed by atoms with Gasteiger partial charge in [0.25, 0.3) is 0 Å². The molecule has 0 aromatic carbocycles. The van der Waals surface area contributed by atoms with Crippen molar-refractivity contribution in [2.24, 2.45) is 0 Å². The predicted molar refractivity (Wildman–Crippen MR) is 62.5 cm³/mol. The number of nitrogens with one attached hydrogen (secondary N) is 2. The van der Waals surface area contributed by atoms with Crippen molar-refractivity contribution in [1.82, 2.24) is 15.5 Å². The van der Waals surface area contributed by atoms with E-state index in [2.05, 4.69) is 10.6 Å². The molecule has 2 N–H and O–H groups in total. The first-order valence-electron chi connectivity index (χ1n) is 5.47. The van der Waals surface area contributed by atoms with Crippen LogP contribution < -0.4 is 10.6 Å². The number of amides is 2. The highest BCUT2D eigenvalue weighted by Gasteiger charge is 2.31. The Kier molecular flexibility index (Phi) is 4.56. The third kappa shape index (κ3) is 2.65. The second-order valence-electron chi connectivity index (χ2n) is 4.26. The number of likely N-dealkylation sites (N-methyl/N-ethyl adjacent to an activating group) is 1. The lowest BCUT2D eigenvalue weighted by Crippen LogP contribution is -2.58. The van der Waals surface area contributed by atoms with Crippen LogP contribution in [-0.2, 0) is 9.59 Å². The van der Waals surface area contributed by atoms with Crippen molar-refractivity contribution in [3.8, 4) is 0 Å². The van der Waals surface area contributed by atoms with Gasteiger partial charge in [-0.25, -0.2) is 0 Å². The molecule has 0 spiro atoms. The molecule has 2 heterocycles. The first-order chi connectivity index (χ1) is 7.18.